The molecule has 70 heavy (non-hydrogen) atoms. The third-order valence-electron chi connectivity index (χ3n) is 12.1. The van der Waals surface area contributed by atoms with Crippen LogP contribution in [0.2, 0.25) is 0 Å². The summed E-state index contributed by atoms with van der Waals surface area (Å²) in [6, 6.07) is 37.2. The second kappa shape index (κ2) is 20.6. The Balaban J connectivity index is 0.000000196. The van der Waals surface area contributed by atoms with Crippen LogP contribution in [0.5, 0.6) is 11.8 Å². The number of hydrogen-bond donors (Lipinski definition) is 2. The lowest BCUT2D eigenvalue weighted by Gasteiger charge is -2.14. The van der Waals surface area contributed by atoms with Gasteiger partial charge in [-0.15, -0.1) is 0 Å². The fourth-order valence-corrected chi connectivity index (χ4v) is 9.99. The van der Waals surface area contributed by atoms with Crippen molar-refractivity contribution in [1.82, 2.24) is 19.1 Å². The minimum Gasteiger partial charge on any atom is -0.481 e. The molecular formula is C55H49F2N5O7S. The summed E-state index contributed by atoms with van der Waals surface area (Å²) < 4.78 is 70.3. The van der Waals surface area contributed by atoms with Crippen LogP contribution in [0.3, 0.4) is 0 Å². The van der Waals surface area contributed by atoms with Crippen LogP contribution >= 0.6 is 0 Å². The zero-order valence-corrected chi connectivity index (χ0v) is 39.6. The van der Waals surface area contributed by atoms with Crippen molar-refractivity contribution in [1.29, 1.82) is 0 Å². The van der Waals surface area contributed by atoms with Crippen LogP contribution in [0.25, 0.3) is 44.1 Å². The zero-order valence-electron chi connectivity index (χ0n) is 38.8. The van der Waals surface area contributed by atoms with Crippen LogP contribution in [0.1, 0.15) is 57.1 Å². The Kier molecular flexibility index (Phi) is 14.2. The van der Waals surface area contributed by atoms with Gasteiger partial charge in [0, 0.05) is 73.3 Å². The molecular weight excluding hydrogens is 913 g/mol. The normalized spacial score (nSPS) is 11.3. The number of carbonyl (C=O) groups is 2. The number of sulfone groups is 1. The average Bonchev–Trinajstić information content (AvgIpc) is 3.86. The highest BCUT2D eigenvalue weighted by atomic mass is 32.2. The quantitative estimate of drug-likeness (QED) is 0.0745. The molecule has 15 heteroatoms. The van der Waals surface area contributed by atoms with E-state index in [1.807, 2.05) is 50.2 Å². The molecule has 0 fully saturated rings. The SMILES string of the molecule is CCc1ccc2c(c1)c(-c1cccnc1OC)c(C(=O)CS(=O)(=O)c1cccc(N)c1)n2Cc1ccccc1F.CCc1ccc2c(c1)c(-c1cccnc1OC)c(C(=O)O)n2Cc1ccccc1F. The molecule has 0 unspecified atom stereocenters. The minimum atomic E-state index is -4.06. The van der Waals surface area contributed by atoms with Crippen LogP contribution in [0.4, 0.5) is 14.5 Å². The third-order valence-corrected chi connectivity index (χ3v) is 13.7. The number of halogens is 2. The number of ether oxygens (including phenoxy) is 2. The lowest BCUT2D eigenvalue weighted by molar-refractivity contribution is 0.0686. The first-order chi connectivity index (χ1) is 33.8. The monoisotopic (exact) mass is 961 g/mol. The maximum Gasteiger partial charge on any atom is 0.353 e. The van der Waals surface area contributed by atoms with E-state index >= 15 is 0 Å². The average molecular weight is 962 g/mol. The molecule has 3 N–H and O–H groups in total. The minimum absolute atomic E-state index is 0.0105. The first-order valence-corrected chi connectivity index (χ1v) is 24.0. The van der Waals surface area contributed by atoms with Crippen molar-refractivity contribution >= 4 is 49.1 Å². The molecule has 5 aromatic carbocycles. The van der Waals surface area contributed by atoms with Crippen LogP contribution in [-0.2, 0) is 35.8 Å². The van der Waals surface area contributed by atoms with E-state index < -0.39 is 33.2 Å². The lowest BCUT2D eigenvalue weighted by Crippen LogP contribution is -2.21. The Morgan fingerprint density at radius 2 is 1.11 bits per heavy atom. The molecule has 0 atom stereocenters. The number of nitrogen functional groups attached to an aromatic ring is 1. The van der Waals surface area contributed by atoms with Crippen LogP contribution in [0.15, 0.2) is 151 Å². The number of nitrogens with two attached hydrogens (primary N) is 1. The molecule has 0 spiro atoms. The Hall–Kier alpha value is -8.17. The van der Waals surface area contributed by atoms with Gasteiger partial charge in [0.1, 0.15) is 23.1 Å². The van der Waals surface area contributed by atoms with Crippen molar-refractivity contribution in [3.8, 4) is 34.0 Å². The van der Waals surface area contributed by atoms with Gasteiger partial charge in [0.2, 0.25) is 11.8 Å². The smallest absolute Gasteiger partial charge is 0.353 e. The molecule has 0 radical (unpaired) electrons. The number of nitrogens with zero attached hydrogens (tertiary/aromatic N) is 4. The Morgan fingerprint density at radius 1 is 0.629 bits per heavy atom. The number of carbonyl (C=O) groups excluding carboxylic acids is 1. The second-order valence-corrected chi connectivity index (χ2v) is 18.4. The highest BCUT2D eigenvalue weighted by molar-refractivity contribution is 7.92. The van der Waals surface area contributed by atoms with Gasteiger partial charge in [-0.25, -0.2) is 32.0 Å². The van der Waals surface area contributed by atoms with Gasteiger partial charge in [-0.2, -0.15) is 0 Å². The molecule has 0 bridgehead atoms. The van der Waals surface area contributed by atoms with E-state index in [0.717, 1.165) is 29.4 Å². The fourth-order valence-electron chi connectivity index (χ4n) is 8.74. The van der Waals surface area contributed by atoms with Crippen LogP contribution < -0.4 is 15.2 Å². The second-order valence-electron chi connectivity index (χ2n) is 16.4. The molecule has 4 heterocycles. The van der Waals surface area contributed by atoms with Gasteiger partial charge in [0.25, 0.3) is 0 Å². The van der Waals surface area contributed by atoms with Crippen LogP contribution in [-0.4, -0.2) is 64.4 Å². The molecule has 9 rings (SSSR count). The number of ketones is 1. The van der Waals surface area contributed by atoms with Gasteiger partial charge in [-0.05, 0) is 103 Å². The van der Waals surface area contributed by atoms with Gasteiger partial charge in [-0.1, -0.05) is 68.4 Å². The molecule has 0 aliphatic rings. The van der Waals surface area contributed by atoms with Crippen molar-refractivity contribution in [3.05, 3.63) is 191 Å². The third kappa shape index (κ3) is 9.60. The van der Waals surface area contributed by atoms with E-state index in [1.165, 1.54) is 44.6 Å². The molecule has 0 aliphatic heterocycles. The molecule has 356 valence electrons. The predicted molar refractivity (Wildman–Crippen MR) is 267 cm³/mol. The predicted octanol–water partition coefficient (Wildman–Crippen LogP) is 10.9. The number of pyridine rings is 2. The molecule has 0 saturated carbocycles. The topological polar surface area (TPSA) is 169 Å². The van der Waals surface area contributed by atoms with E-state index in [-0.39, 0.29) is 46.8 Å². The van der Waals surface area contributed by atoms with Crippen molar-refractivity contribution < 1.29 is 41.4 Å². The van der Waals surface area contributed by atoms with Gasteiger partial charge >= 0.3 is 5.97 Å². The Labute approximate surface area is 403 Å². The number of anilines is 1. The summed E-state index contributed by atoms with van der Waals surface area (Å²) in [6.45, 7) is 4.17. The van der Waals surface area contributed by atoms with E-state index in [1.54, 1.807) is 88.3 Å². The Morgan fingerprint density at radius 3 is 1.57 bits per heavy atom. The van der Waals surface area contributed by atoms with Crippen LogP contribution in [0, 0.1) is 11.6 Å². The number of aromatic nitrogens is 4. The maximum absolute atomic E-state index is 14.9. The number of carboxylic acids is 1. The molecule has 4 aromatic heterocycles. The molecule has 9 aromatic rings. The number of aromatic carboxylic acids is 1. The molecule has 0 aliphatic carbocycles. The first-order valence-electron chi connectivity index (χ1n) is 22.4. The van der Waals surface area contributed by atoms with E-state index in [2.05, 4.69) is 9.97 Å². The standard InChI is InChI=1S/C31H28FN3O4S.C24H21FN2O3/c1-3-20-13-14-27-25(16-20)29(24-11-7-15-34-31(24)39-2)30(35(27)18-21-8-4-5-12-26(21)32)28(36)19-40(37,38)23-10-6-9-22(33)17-23;1-3-15-10-11-20-18(13-15)21(17-8-6-12-26-23(17)30-2)22(24(28)29)27(20)14-16-7-4-5-9-19(16)25/h4-17H,3,18-19,33H2,1-2H3;4-13H,3,14H2,1-2H3,(H,28,29). The highest BCUT2D eigenvalue weighted by Gasteiger charge is 2.31. The summed E-state index contributed by atoms with van der Waals surface area (Å²) in [7, 11) is -1.07. The summed E-state index contributed by atoms with van der Waals surface area (Å²) in [5.74, 6) is -2.73. The maximum atomic E-state index is 14.9. The highest BCUT2D eigenvalue weighted by Crippen LogP contribution is 2.42. The number of fused-ring (bicyclic) bond motifs is 2. The van der Waals surface area contributed by atoms with E-state index in [4.69, 9.17) is 15.2 Å². The van der Waals surface area contributed by atoms with Crippen molar-refractivity contribution in [3.63, 3.8) is 0 Å². The zero-order chi connectivity index (χ0) is 49.7. The Bertz CT molecular complexity index is 3550. The number of methoxy groups -OCH3 is 2. The van der Waals surface area contributed by atoms with Crippen molar-refractivity contribution in [2.75, 3.05) is 25.7 Å². The van der Waals surface area contributed by atoms with Gasteiger partial charge in [-0.3, -0.25) is 4.79 Å². The number of rotatable bonds is 15. The van der Waals surface area contributed by atoms with Gasteiger partial charge < -0.3 is 29.4 Å². The summed E-state index contributed by atoms with van der Waals surface area (Å²) in [5.41, 5.74) is 12.7. The van der Waals surface area contributed by atoms with Crippen molar-refractivity contribution in [2.45, 2.75) is 44.7 Å². The number of carboxylic acid groups (broad SMARTS) is 1. The largest absolute Gasteiger partial charge is 0.481 e. The fraction of sp³-hybridized carbons (Fsp3) is 0.164. The lowest BCUT2D eigenvalue weighted by atomic mass is 9.99. The van der Waals surface area contributed by atoms with Gasteiger partial charge in [0.05, 0.1) is 37.9 Å². The number of hydrogen-bond acceptors (Lipinski definition) is 9. The molecule has 0 amide bonds. The van der Waals surface area contributed by atoms with E-state index in [9.17, 15) is 31.9 Å². The molecule has 0 saturated heterocycles. The number of Topliss-reactive ketones (excluding diaryl/α,β-unsaturated/α-hetero) is 1. The summed E-state index contributed by atoms with van der Waals surface area (Å²) in [6.07, 6.45) is 4.72. The number of benzene rings is 5. The number of aryl methyl sites for hydroxylation is 2. The summed E-state index contributed by atoms with van der Waals surface area (Å²) in [4.78, 5) is 35.1. The van der Waals surface area contributed by atoms with Gasteiger partial charge in [0.15, 0.2) is 15.6 Å². The van der Waals surface area contributed by atoms with E-state index in [0.29, 0.717) is 55.7 Å². The van der Waals surface area contributed by atoms with Crippen molar-refractivity contribution in [2.24, 2.45) is 0 Å². The summed E-state index contributed by atoms with van der Waals surface area (Å²) in [5, 5.41) is 11.7. The summed E-state index contributed by atoms with van der Waals surface area (Å²) >= 11 is 0. The first kappa shape index (κ1) is 48.3. The molecule has 12 nitrogen and oxygen atoms in total.